The Bertz CT molecular complexity index is 1100. The average Bonchev–Trinajstić information content (AvgIpc) is 3.10. The molecule has 1 atom stereocenters. The fraction of sp³-hybridized carbons (Fsp3) is 0.500. The van der Waals surface area contributed by atoms with Gasteiger partial charge < -0.3 is 4.74 Å². The van der Waals surface area contributed by atoms with E-state index in [0.717, 1.165) is 55.7 Å². The number of benzene rings is 1. The Morgan fingerprint density at radius 1 is 1.30 bits per heavy atom. The molecule has 0 aliphatic carbocycles. The van der Waals surface area contributed by atoms with Crippen molar-refractivity contribution >= 4 is 33.3 Å². The molecule has 0 fully saturated rings. The molecule has 1 aliphatic rings. The molecule has 3 heterocycles. The molecule has 1 aliphatic heterocycles. The van der Waals surface area contributed by atoms with Crippen LogP contribution < -0.4 is 5.56 Å². The Hall–Kier alpha value is -1.63. The molecule has 0 saturated heterocycles. The molecular weight excluding hydrogens is 412 g/mol. The minimum atomic E-state index is 0.0641. The largest absolute Gasteiger partial charge is 0.372 e. The van der Waals surface area contributed by atoms with Gasteiger partial charge in [-0.2, -0.15) is 0 Å². The molecule has 160 valence electrons. The van der Waals surface area contributed by atoms with Gasteiger partial charge in [-0.05, 0) is 36.5 Å². The van der Waals surface area contributed by atoms with Crippen molar-refractivity contribution in [3.63, 3.8) is 0 Å². The summed E-state index contributed by atoms with van der Waals surface area (Å²) in [6.07, 6.45) is 4.47. The first kappa shape index (κ1) is 21.6. The normalized spacial score (nSPS) is 16.4. The number of rotatable bonds is 7. The number of para-hydroxylation sites is 1. The highest BCUT2D eigenvalue weighted by Gasteiger charge is 2.28. The van der Waals surface area contributed by atoms with E-state index in [2.05, 4.69) is 33.8 Å². The number of aryl methyl sites for hydroxylation is 1. The number of nitrogens with zero attached hydrogens (tertiary/aromatic N) is 2. The second kappa shape index (κ2) is 9.25. The summed E-state index contributed by atoms with van der Waals surface area (Å²) in [4.78, 5) is 20.9. The topological polar surface area (TPSA) is 44.1 Å². The lowest BCUT2D eigenvalue weighted by Gasteiger charge is -2.26. The molecule has 0 bridgehead atoms. The van der Waals surface area contributed by atoms with Crippen molar-refractivity contribution in [3.8, 4) is 5.69 Å². The highest BCUT2D eigenvalue weighted by Crippen LogP contribution is 2.36. The van der Waals surface area contributed by atoms with Crippen LogP contribution in [-0.2, 0) is 17.8 Å². The van der Waals surface area contributed by atoms with Gasteiger partial charge in [0.25, 0.3) is 5.56 Å². The van der Waals surface area contributed by atoms with Crippen LogP contribution in [0.1, 0.15) is 56.0 Å². The van der Waals surface area contributed by atoms with Gasteiger partial charge in [-0.25, -0.2) is 4.98 Å². The van der Waals surface area contributed by atoms with Crippen LogP contribution in [0.15, 0.2) is 34.2 Å². The SMILES string of the molecule is CCCCCSc1nc2sc3c(c2c(=O)n1-c1ccccc1C)CC(C(C)C)OC3. The highest BCUT2D eigenvalue weighted by atomic mass is 32.2. The zero-order valence-electron chi connectivity index (χ0n) is 18.2. The number of hydrogen-bond acceptors (Lipinski definition) is 5. The van der Waals surface area contributed by atoms with Crippen molar-refractivity contribution in [1.82, 2.24) is 9.55 Å². The minimum absolute atomic E-state index is 0.0641. The second-order valence-corrected chi connectivity index (χ2v) is 10.5. The molecular formula is C24H30N2O2S2. The van der Waals surface area contributed by atoms with E-state index < -0.39 is 0 Å². The third-order valence-electron chi connectivity index (χ3n) is 5.79. The fourth-order valence-electron chi connectivity index (χ4n) is 3.98. The molecule has 1 aromatic carbocycles. The lowest BCUT2D eigenvalue weighted by molar-refractivity contribution is 0.00200. The quantitative estimate of drug-likeness (QED) is 0.251. The summed E-state index contributed by atoms with van der Waals surface area (Å²) in [6.45, 7) is 9.21. The molecule has 3 aromatic rings. The van der Waals surface area contributed by atoms with Gasteiger partial charge >= 0.3 is 0 Å². The van der Waals surface area contributed by atoms with Crippen molar-refractivity contribution in [2.75, 3.05) is 5.75 Å². The number of thiophene rings is 1. The summed E-state index contributed by atoms with van der Waals surface area (Å²) in [6, 6.07) is 8.10. The number of thioether (sulfide) groups is 1. The fourth-order valence-corrected chi connectivity index (χ4v) is 6.14. The van der Waals surface area contributed by atoms with Gasteiger partial charge in [0.2, 0.25) is 0 Å². The first-order valence-electron chi connectivity index (χ1n) is 10.9. The lowest BCUT2D eigenvalue weighted by Crippen LogP contribution is -2.28. The van der Waals surface area contributed by atoms with Crippen LogP contribution in [0.2, 0.25) is 0 Å². The smallest absolute Gasteiger partial charge is 0.267 e. The van der Waals surface area contributed by atoms with Crippen LogP contribution in [0.3, 0.4) is 0 Å². The van der Waals surface area contributed by atoms with E-state index >= 15 is 0 Å². The van der Waals surface area contributed by atoms with E-state index in [1.807, 2.05) is 22.8 Å². The Labute approximate surface area is 186 Å². The minimum Gasteiger partial charge on any atom is -0.372 e. The predicted octanol–water partition coefficient (Wildman–Crippen LogP) is 6.14. The maximum atomic E-state index is 13.9. The average molecular weight is 443 g/mol. The molecule has 1 unspecified atom stereocenters. The summed E-state index contributed by atoms with van der Waals surface area (Å²) in [5.41, 5.74) is 3.24. The maximum Gasteiger partial charge on any atom is 0.267 e. The van der Waals surface area contributed by atoms with Gasteiger partial charge in [0, 0.05) is 17.1 Å². The predicted molar refractivity (Wildman–Crippen MR) is 127 cm³/mol. The summed E-state index contributed by atoms with van der Waals surface area (Å²) in [7, 11) is 0. The Balaban J connectivity index is 1.87. The van der Waals surface area contributed by atoms with E-state index in [-0.39, 0.29) is 11.7 Å². The summed E-state index contributed by atoms with van der Waals surface area (Å²) < 4.78 is 7.91. The van der Waals surface area contributed by atoms with Gasteiger partial charge in [-0.1, -0.05) is 63.6 Å². The third-order valence-corrected chi connectivity index (χ3v) is 7.91. The monoisotopic (exact) mass is 442 g/mol. The van der Waals surface area contributed by atoms with E-state index in [0.29, 0.717) is 12.5 Å². The van der Waals surface area contributed by atoms with Crippen LogP contribution in [-0.4, -0.2) is 21.4 Å². The van der Waals surface area contributed by atoms with Gasteiger partial charge in [-0.15, -0.1) is 11.3 Å². The van der Waals surface area contributed by atoms with Gasteiger partial charge in [-0.3, -0.25) is 9.36 Å². The Morgan fingerprint density at radius 2 is 2.10 bits per heavy atom. The van der Waals surface area contributed by atoms with E-state index in [4.69, 9.17) is 9.72 Å². The maximum absolute atomic E-state index is 13.9. The van der Waals surface area contributed by atoms with E-state index in [9.17, 15) is 4.79 Å². The second-order valence-electron chi connectivity index (χ2n) is 8.36. The molecule has 0 N–H and O–H groups in total. The number of fused-ring (bicyclic) bond motifs is 3. The first-order valence-corrected chi connectivity index (χ1v) is 12.7. The van der Waals surface area contributed by atoms with Crippen LogP contribution in [0.5, 0.6) is 0 Å². The van der Waals surface area contributed by atoms with Crippen molar-refractivity contribution in [1.29, 1.82) is 0 Å². The van der Waals surface area contributed by atoms with Crippen molar-refractivity contribution in [2.24, 2.45) is 5.92 Å². The standard InChI is InChI=1S/C24H30N2O2S2/c1-5-6-9-12-29-24-25-22-21(17-13-19(15(2)3)28-14-20(17)30-22)23(27)26(24)18-11-8-7-10-16(18)4/h7-8,10-11,15,19H,5-6,9,12-14H2,1-4H3. The molecule has 0 radical (unpaired) electrons. The molecule has 6 heteroatoms. The van der Waals surface area contributed by atoms with Crippen LogP contribution in [0.25, 0.3) is 15.9 Å². The Morgan fingerprint density at radius 3 is 2.83 bits per heavy atom. The summed E-state index contributed by atoms with van der Waals surface area (Å²) in [5.74, 6) is 1.40. The van der Waals surface area contributed by atoms with E-state index in [1.54, 1.807) is 23.1 Å². The number of hydrogen-bond donors (Lipinski definition) is 0. The zero-order chi connectivity index (χ0) is 21.3. The first-order chi connectivity index (χ1) is 14.5. The van der Waals surface area contributed by atoms with Crippen LogP contribution >= 0.6 is 23.1 Å². The van der Waals surface area contributed by atoms with Crippen molar-refractivity contribution in [2.45, 2.75) is 71.2 Å². The van der Waals surface area contributed by atoms with Crippen molar-refractivity contribution < 1.29 is 4.74 Å². The number of unbranched alkanes of at least 4 members (excludes halogenated alkanes) is 2. The van der Waals surface area contributed by atoms with Crippen LogP contribution in [0, 0.1) is 12.8 Å². The molecule has 2 aromatic heterocycles. The third kappa shape index (κ3) is 4.10. The lowest BCUT2D eigenvalue weighted by atomic mass is 9.96. The summed E-state index contributed by atoms with van der Waals surface area (Å²) in [5, 5.41) is 1.60. The van der Waals surface area contributed by atoms with Crippen LogP contribution in [0.4, 0.5) is 0 Å². The van der Waals surface area contributed by atoms with Gasteiger partial charge in [0.05, 0.1) is 23.8 Å². The van der Waals surface area contributed by atoms with Gasteiger partial charge in [0.15, 0.2) is 5.16 Å². The number of ether oxygens (including phenoxy) is 1. The molecule has 30 heavy (non-hydrogen) atoms. The molecule has 0 amide bonds. The number of aromatic nitrogens is 2. The molecule has 0 spiro atoms. The molecule has 4 nitrogen and oxygen atoms in total. The highest BCUT2D eigenvalue weighted by molar-refractivity contribution is 7.99. The van der Waals surface area contributed by atoms with Crippen molar-refractivity contribution in [3.05, 3.63) is 50.6 Å². The summed E-state index contributed by atoms with van der Waals surface area (Å²) >= 11 is 3.33. The van der Waals surface area contributed by atoms with Gasteiger partial charge in [0.1, 0.15) is 4.83 Å². The molecule has 4 rings (SSSR count). The zero-order valence-corrected chi connectivity index (χ0v) is 19.9. The van der Waals surface area contributed by atoms with E-state index in [1.165, 1.54) is 12.8 Å². The Kier molecular flexibility index (Phi) is 6.66. The molecule has 0 saturated carbocycles.